The molecule has 1 saturated heterocycles. The lowest BCUT2D eigenvalue weighted by Gasteiger charge is -2.44. The molecular formula is C26H28ClFN4O6S2. The summed E-state index contributed by atoms with van der Waals surface area (Å²) in [6, 6.07) is 3.34. The van der Waals surface area contributed by atoms with Gasteiger partial charge in [0.25, 0.3) is 0 Å². The molecule has 3 aliphatic rings. The van der Waals surface area contributed by atoms with E-state index in [-0.39, 0.29) is 42.4 Å². The van der Waals surface area contributed by atoms with Gasteiger partial charge in [0.1, 0.15) is 11.9 Å². The van der Waals surface area contributed by atoms with Gasteiger partial charge in [0.05, 0.1) is 28.4 Å². The highest BCUT2D eigenvalue weighted by atomic mass is 35.5. The van der Waals surface area contributed by atoms with E-state index in [1.807, 2.05) is 0 Å². The lowest BCUT2D eigenvalue weighted by Crippen LogP contribution is -2.54. The van der Waals surface area contributed by atoms with Crippen LogP contribution in [-0.2, 0) is 24.3 Å². The summed E-state index contributed by atoms with van der Waals surface area (Å²) in [5.74, 6) is -2.18. The number of piperidine rings is 1. The summed E-state index contributed by atoms with van der Waals surface area (Å²) in [6.45, 7) is 1.95. The van der Waals surface area contributed by atoms with Crippen LogP contribution in [-0.4, -0.2) is 66.0 Å². The van der Waals surface area contributed by atoms with Crippen molar-refractivity contribution in [1.29, 1.82) is 0 Å². The molecular weight excluding hydrogens is 583 g/mol. The number of carboxylic acid groups (broad SMARTS) is 1. The summed E-state index contributed by atoms with van der Waals surface area (Å²) in [7, 11) is -2.43. The third-order valence-electron chi connectivity index (χ3n) is 7.91. The second-order valence-electron chi connectivity index (χ2n) is 10.4. The molecule has 0 radical (unpaired) electrons. The molecule has 2 N–H and O–H groups in total. The maximum atomic E-state index is 14.5. The molecule has 1 aliphatic carbocycles. The Labute approximate surface area is 240 Å². The van der Waals surface area contributed by atoms with E-state index in [9.17, 15) is 27.5 Å². The summed E-state index contributed by atoms with van der Waals surface area (Å²) < 4.78 is 47.5. The summed E-state index contributed by atoms with van der Waals surface area (Å²) in [5.41, 5.74) is -0.0490. The van der Waals surface area contributed by atoms with Crippen molar-refractivity contribution < 1.29 is 32.2 Å². The SMILES string of the molecule is COC(=O)C1=C(C2CCN(S(=O)(=O)C3CC(C)(C(=O)O)C3)CC2)NC(c2nccs2)=NC1c1cccc(F)c1Cl. The number of methoxy groups -OCH3 is 1. The van der Waals surface area contributed by atoms with E-state index in [1.165, 1.54) is 34.9 Å². The standard InChI is InChI=1S/C26H28ClFN4O6S2/c1-26(25(34)35)12-15(13-26)40(36,37)32-9-6-14(7-10-32)20-18(24(33)38-2)21(16-4-3-5-17(28)19(16)27)31-22(30-20)23-29-8-11-39-23/h3-5,8,11,14-15,21H,6-7,9-10,12-13H2,1-2H3,(H,30,31)(H,34,35). The number of carbonyl (C=O) groups excluding carboxylic acids is 1. The number of amidine groups is 1. The number of sulfonamides is 1. The maximum Gasteiger partial charge on any atom is 0.338 e. The van der Waals surface area contributed by atoms with Gasteiger partial charge in [-0.15, -0.1) is 11.3 Å². The Morgan fingerprint density at radius 3 is 2.58 bits per heavy atom. The van der Waals surface area contributed by atoms with E-state index in [0.717, 1.165) is 0 Å². The van der Waals surface area contributed by atoms with Gasteiger partial charge in [-0.3, -0.25) is 9.79 Å². The van der Waals surface area contributed by atoms with Crippen molar-refractivity contribution in [3.05, 3.63) is 62.5 Å². The van der Waals surface area contributed by atoms with Crippen molar-refractivity contribution in [3.8, 4) is 0 Å². The van der Waals surface area contributed by atoms with Crippen LogP contribution in [0.1, 0.15) is 49.2 Å². The van der Waals surface area contributed by atoms with Crippen LogP contribution in [0.5, 0.6) is 0 Å². The summed E-state index contributed by atoms with van der Waals surface area (Å²) in [4.78, 5) is 33.7. The molecule has 14 heteroatoms. The fraction of sp³-hybridized carbons (Fsp3) is 0.462. The number of aliphatic imine (C=N–C) groups is 1. The molecule has 0 spiro atoms. The number of rotatable bonds is 7. The number of ether oxygens (including phenoxy) is 1. The molecule has 1 aromatic heterocycles. The number of allylic oxidation sites excluding steroid dienone is 1. The van der Waals surface area contributed by atoms with Gasteiger partial charge >= 0.3 is 11.9 Å². The second-order valence-corrected chi connectivity index (χ2v) is 13.9. The van der Waals surface area contributed by atoms with Crippen molar-refractivity contribution in [3.63, 3.8) is 0 Å². The smallest absolute Gasteiger partial charge is 0.338 e. The van der Waals surface area contributed by atoms with Crippen molar-refractivity contribution in [2.45, 2.75) is 43.9 Å². The summed E-state index contributed by atoms with van der Waals surface area (Å²) in [5, 5.41) is 14.1. The van der Waals surface area contributed by atoms with E-state index in [1.54, 1.807) is 24.6 Å². The van der Waals surface area contributed by atoms with Crippen molar-refractivity contribution >= 4 is 50.7 Å². The number of aromatic nitrogens is 1. The number of hydrogen-bond donors (Lipinski definition) is 2. The molecule has 0 amide bonds. The molecule has 214 valence electrons. The molecule has 2 fully saturated rings. The highest BCUT2D eigenvalue weighted by molar-refractivity contribution is 7.89. The lowest BCUT2D eigenvalue weighted by atomic mass is 9.70. The molecule has 2 aliphatic heterocycles. The van der Waals surface area contributed by atoms with Crippen molar-refractivity contribution in [2.24, 2.45) is 16.3 Å². The number of benzene rings is 1. The molecule has 1 aromatic carbocycles. The molecule has 3 heterocycles. The Morgan fingerprint density at radius 2 is 1.98 bits per heavy atom. The van der Waals surface area contributed by atoms with Crippen LogP contribution < -0.4 is 5.32 Å². The minimum absolute atomic E-state index is 0.0769. The van der Waals surface area contributed by atoms with E-state index in [4.69, 9.17) is 21.3 Å². The number of halogens is 2. The summed E-state index contributed by atoms with van der Waals surface area (Å²) >= 11 is 7.68. The highest BCUT2D eigenvalue weighted by Crippen LogP contribution is 2.46. The van der Waals surface area contributed by atoms with Gasteiger partial charge in [-0.05, 0) is 38.7 Å². The highest BCUT2D eigenvalue weighted by Gasteiger charge is 2.53. The fourth-order valence-electron chi connectivity index (χ4n) is 5.57. The van der Waals surface area contributed by atoms with E-state index in [2.05, 4.69) is 10.3 Å². The largest absolute Gasteiger partial charge is 0.481 e. The van der Waals surface area contributed by atoms with Gasteiger partial charge in [-0.25, -0.2) is 26.9 Å². The van der Waals surface area contributed by atoms with Gasteiger partial charge in [0.2, 0.25) is 10.0 Å². The van der Waals surface area contributed by atoms with E-state index < -0.39 is 44.5 Å². The number of thiazole rings is 1. The third kappa shape index (κ3) is 5.04. The second kappa shape index (κ2) is 10.8. The summed E-state index contributed by atoms with van der Waals surface area (Å²) in [6.07, 6.45) is 2.55. The number of nitrogens with zero attached hydrogens (tertiary/aromatic N) is 3. The first kappa shape index (κ1) is 28.7. The molecule has 1 saturated carbocycles. The zero-order valence-corrected chi connectivity index (χ0v) is 24.2. The monoisotopic (exact) mass is 610 g/mol. The average molecular weight is 611 g/mol. The predicted octanol–water partition coefficient (Wildman–Crippen LogP) is 3.75. The van der Waals surface area contributed by atoms with Crippen LogP contribution in [0.25, 0.3) is 0 Å². The van der Waals surface area contributed by atoms with Crippen molar-refractivity contribution in [1.82, 2.24) is 14.6 Å². The van der Waals surface area contributed by atoms with Gasteiger partial charge in [-0.2, -0.15) is 0 Å². The molecule has 1 atom stereocenters. The van der Waals surface area contributed by atoms with Crippen LogP contribution in [0, 0.1) is 17.2 Å². The van der Waals surface area contributed by atoms with Gasteiger partial charge < -0.3 is 15.2 Å². The first-order valence-electron chi connectivity index (χ1n) is 12.7. The van der Waals surface area contributed by atoms with E-state index >= 15 is 0 Å². The van der Waals surface area contributed by atoms with Gasteiger partial charge in [0.15, 0.2) is 10.8 Å². The minimum Gasteiger partial charge on any atom is -0.481 e. The number of carbonyl (C=O) groups is 2. The van der Waals surface area contributed by atoms with E-state index in [0.29, 0.717) is 34.9 Å². The molecule has 40 heavy (non-hydrogen) atoms. The third-order valence-corrected chi connectivity index (χ3v) is 11.3. The lowest BCUT2D eigenvalue weighted by molar-refractivity contribution is -0.152. The minimum atomic E-state index is -3.68. The zero-order valence-electron chi connectivity index (χ0n) is 21.8. The predicted molar refractivity (Wildman–Crippen MR) is 147 cm³/mol. The topological polar surface area (TPSA) is 138 Å². The Bertz CT molecular complexity index is 1500. The first-order chi connectivity index (χ1) is 19.0. The van der Waals surface area contributed by atoms with Gasteiger partial charge in [0, 0.05) is 41.8 Å². The van der Waals surface area contributed by atoms with Gasteiger partial charge in [-0.1, -0.05) is 23.7 Å². The Morgan fingerprint density at radius 1 is 1.27 bits per heavy atom. The van der Waals surface area contributed by atoms with Crippen LogP contribution in [0.15, 0.2) is 46.0 Å². The first-order valence-corrected chi connectivity index (χ1v) is 15.5. The van der Waals surface area contributed by atoms with Crippen molar-refractivity contribution in [2.75, 3.05) is 20.2 Å². The Kier molecular flexibility index (Phi) is 7.77. The Balaban J connectivity index is 1.46. The van der Waals surface area contributed by atoms with Crippen LogP contribution >= 0.6 is 22.9 Å². The zero-order chi connectivity index (χ0) is 28.8. The number of aliphatic carboxylic acids is 1. The molecule has 2 aromatic rings. The average Bonchev–Trinajstić information content (AvgIpc) is 3.47. The molecule has 10 nitrogen and oxygen atoms in total. The number of nitrogens with one attached hydrogen (secondary N) is 1. The quantitative estimate of drug-likeness (QED) is 0.452. The normalized spacial score (nSPS) is 26.1. The van der Waals surface area contributed by atoms with Crippen LogP contribution in [0.3, 0.4) is 0 Å². The fourth-order valence-corrected chi connectivity index (χ4v) is 8.68. The number of esters is 1. The molecule has 0 bridgehead atoms. The number of carboxylic acids is 1. The van der Waals surface area contributed by atoms with Crippen LogP contribution in [0.4, 0.5) is 4.39 Å². The van der Waals surface area contributed by atoms with Crippen LogP contribution in [0.2, 0.25) is 5.02 Å². The molecule has 1 unspecified atom stereocenters. The number of hydrogen-bond acceptors (Lipinski definition) is 9. The Hall–Kier alpha value is -2.87. The maximum absolute atomic E-state index is 14.5. The molecule has 5 rings (SSSR count).